The second kappa shape index (κ2) is 4.39. The zero-order valence-corrected chi connectivity index (χ0v) is 11.5. The standard InChI is InChI=1S/C18H12ClN/c19-13-9-10-17-16(11-13)15-8-4-7-14(18(15)20-17)12-5-2-1-3-6-12/h1-11,20H. The van der Waals surface area contributed by atoms with Gasteiger partial charge in [0.25, 0.3) is 0 Å². The van der Waals surface area contributed by atoms with E-state index in [0.29, 0.717) is 0 Å². The molecule has 1 aromatic heterocycles. The summed E-state index contributed by atoms with van der Waals surface area (Å²) in [5.74, 6) is 0. The summed E-state index contributed by atoms with van der Waals surface area (Å²) >= 11 is 6.12. The van der Waals surface area contributed by atoms with Gasteiger partial charge in [-0.3, -0.25) is 0 Å². The molecule has 0 saturated heterocycles. The Bertz CT molecular complexity index is 907. The Kier molecular flexibility index (Phi) is 2.54. The molecule has 1 nitrogen and oxygen atoms in total. The van der Waals surface area contributed by atoms with E-state index in [2.05, 4.69) is 47.4 Å². The fourth-order valence-electron chi connectivity index (χ4n) is 2.75. The van der Waals surface area contributed by atoms with Crippen molar-refractivity contribution in [2.24, 2.45) is 0 Å². The number of halogens is 1. The Morgan fingerprint density at radius 1 is 0.750 bits per heavy atom. The van der Waals surface area contributed by atoms with Crippen molar-refractivity contribution in [3.05, 3.63) is 71.8 Å². The molecule has 0 aliphatic heterocycles. The van der Waals surface area contributed by atoms with Crippen molar-refractivity contribution in [1.82, 2.24) is 4.98 Å². The summed E-state index contributed by atoms with van der Waals surface area (Å²) in [5, 5.41) is 3.15. The van der Waals surface area contributed by atoms with Crippen LogP contribution in [0.15, 0.2) is 66.7 Å². The molecule has 0 unspecified atom stereocenters. The van der Waals surface area contributed by atoms with E-state index in [0.717, 1.165) is 16.1 Å². The Morgan fingerprint density at radius 3 is 2.45 bits per heavy atom. The van der Waals surface area contributed by atoms with Crippen LogP contribution in [0, 0.1) is 0 Å². The molecule has 4 aromatic rings. The summed E-state index contributed by atoms with van der Waals surface area (Å²) in [6.07, 6.45) is 0. The SMILES string of the molecule is Clc1ccc2[nH]c3c(-c4ccccc4)cccc3c2c1. The van der Waals surface area contributed by atoms with Gasteiger partial charge in [0.15, 0.2) is 0 Å². The van der Waals surface area contributed by atoms with Crippen LogP contribution in [0.1, 0.15) is 0 Å². The van der Waals surface area contributed by atoms with E-state index in [1.165, 1.54) is 21.9 Å². The van der Waals surface area contributed by atoms with Crippen molar-refractivity contribution in [2.45, 2.75) is 0 Å². The minimum Gasteiger partial charge on any atom is -0.354 e. The first-order valence-corrected chi connectivity index (χ1v) is 6.96. The van der Waals surface area contributed by atoms with Gasteiger partial charge in [-0.2, -0.15) is 0 Å². The van der Waals surface area contributed by atoms with Gasteiger partial charge < -0.3 is 4.98 Å². The number of aromatic nitrogens is 1. The summed E-state index contributed by atoms with van der Waals surface area (Å²) in [6.45, 7) is 0. The van der Waals surface area contributed by atoms with E-state index in [1.54, 1.807) is 0 Å². The van der Waals surface area contributed by atoms with Crippen molar-refractivity contribution in [3.63, 3.8) is 0 Å². The zero-order chi connectivity index (χ0) is 13.5. The van der Waals surface area contributed by atoms with Gasteiger partial charge >= 0.3 is 0 Å². The maximum absolute atomic E-state index is 6.12. The highest BCUT2D eigenvalue weighted by molar-refractivity contribution is 6.32. The molecule has 1 N–H and O–H groups in total. The fraction of sp³-hybridized carbons (Fsp3) is 0. The summed E-state index contributed by atoms with van der Waals surface area (Å²) in [6, 6.07) is 22.8. The first kappa shape index (κ1) is 11.6. The molecule has 3 aromatic carbocycles. The number of rotatable bonds is 1. The fourth-order valence-corrected chi connectivity index (χ4v) is 2.92. The minimum absolute atomic E-state index is 0.767. The maximum Gasteiger partial charge on any atom is 0.0544 e. The highest BCUT2D eigenvalue weighted by atomic mass is 35.5. The van der Waals surface area contributed by atoms with Crippen LogP contribution in [0.5, 0.6) is 0 Å². The van der Waals surface area contributed by atoms with Gasteiger partial charge in [0.1, 0.15) is 0 Å². The number of hydrogen-bond acceptors (Lipinski definition) is 0. The molecule has 0 aliphatic carbocycles. The van der Waals surface area contributed by atoms with E-state index in [9.17, 15) is 0 Å². The maximum atomic E-state index is 6.12. The second-order valence-corrected chi connectivity index (χ2v) is 5.35. The highest BCUT2D eigenvalue weighted by Crippen LogP contribution is 2.33. The number of benzene rings is 3. The van der Waals surface area contributed by atoms with Gasteiger partial charge in [0, 0.05) is 26.9 Å². The third kappa shape index (κ3) is 1.71. The molecule has 20 heavy (non-hydrogen) atoms. The lowest BCUT2D eigenvalue weighted by molar-refractivity contribution is 1.53. The molecule has 0 radical (unpaired) electrons. The van der Waals surface area contributed by atoms with Crippen LogP contribution in [0.2, 0.25) is 5.02 Å². The smallest absolute Gasteiger partial charge is 0.0544 e. The first-order chi connectivity index (χ1) is 9.83. The van der Waals surface area contributed by atoms with Crippen molar-refractivity contribution in [2.75, 3.05) is 0 Å². The van der Waals surface area contributed by atoms with Gasteiger partial charge in [-0.1, -0.05) is 60.1 Å². The predicted octanol–water partition coefficient (Wildman–Crippen LogP) is 5.64. The van der Waals surface area contributed by atoms with E-state index < -0.39 is 0 Å². The van der Waals surface area contributed by atoms with Crippen molar-refractivity contribution in [3.8, 4) is 11.1 Å². The molecule has 1 heterocycles. The molecule has 0 atom stereocenters. The molecule has 0 fully saturated rings. The molecule has 0 amide bonds. The number of nitrogens with one attached hydrogen (secondary N) is 1. The van der Waals surface area contributed by atoms with Crippen molar-refractivity contribution < 1.29 is 0 Å². The molecular formula is C18H12ClN. The molecule has 0 spiro atoms. The van der Waals surface area contributed by atoms with Gasteiger partial charge in [-0.15, -0.1) is 0 Å². The highest BCUT2D eigenvalue weighted by Gasteiger charge is 2.09. The normalized spacial score (nSPS) is 11.2. The number of hydrogen-bond donors (Lipinski definition) is 1. The van der Waals surface area contributed by atoms with E-state index in [1.807, 2.05) is 24.3 Å². The van der Waals surface area contributed by atoms with E-state index in [4.69, 9.17) is 11.6 Å². The lowest BCUT2D eigenvalue weighted by Gasteiger charge is -2.03. The Balaban J connectivity index is 2.11. The predicted molar refractivity (Wildman–Crippen MR) is 86.3 cm³/mol. The Hall–Kier alpha value is -2.25. The van der Waals surface area contributed by atoms with Crippen LogP contribution in [-0.2, 0) is 0 Å². The minimum atomic E-state index is 0.767. The first-order valence-electron chi connectivity index (χ1n) is 6.58. The molecule has 2 heteroatoms. The lowest BCUT2D eigenvalue weighted by atomic mass is 10.0. The molecular weight excluding hydrogens is 266 g/mol. The van der Waals surface area contributed by atoms with Crippen LogP contribution in [0.3, 0.4) is 0 Å². The molecule has 0 saturated carbocycles. The summed E-state index contributed by atoms with van der Waals surface area (Å²) < 4.78 is 0. The molecule has 96 valence electrons. The Labute approximate surface area is 121 Å². The molecule has 0 bridgehead atoms. The Morgan fingerprint density at radius 2 is 1.60 bits per heavy atom. The summed E-state index contributed by atoms with van der Waals surface area (Å²) in [4.78, 5) is 3.51. The van der Waals surface area contributed by atoms with Gasteiger partial charge in [-0.05, 0) is 23.8 Å². The average Bonchev–Trinajstić information content (AvgIpc) is 2.86. The number of para-hydroxylation sites is 1. The van der Waals surface area contributed by atoms with Crippen LogP contribution in [0.4, 0.5) is 0 Å². The van der Waals surface area contributed by atoms with Crippen molar-refractivity contribution in [1.29, 1.82) is 0 Å². The van der Waals surface area contributed by atoms with Crippen LogP contribution >= 0.6 is 11.6 Å². The van der Waals surface area contributed by atoms with Gasteiger partial charge in [-0.25, -0.2) is 0 Å². The van der Waals surface area contributed by atoms with E-state index in [-0.39, 0.29) is 0 Å². The van der Waals surface area contributed by atoms with Crippen LogP contribution in [-0.4, -0.2) is 4.98 Å². The van der Waals surface area contributed by atoms with E-state index >= 15 is 0 Å². The average molecular weight is 278 g/mol. The quantitative estimate of drug-likeness (QED) is 0.463. The lowest BCUT2D eigenvalue weighted by Crippen LogP contribution is -1.79. The van der Waals surface area contributed by atoms with Crippen molar-refractivity contribution >= 4 is 33.4 Å². The molecule has 0 aliphatic rings. The number of H-pyrrole nitrogens is 1. The summed E-state index contributed by atoms with van der Waals surface area (Å²) in [7, 11) is 0. The number of aromatic amines is 1. The third-order valence-corrected chi connectivity index (χ3v) is 3.92. The largest absolute Gasteiger partial charge is 0.354 e. The topological polar surface area (TPSA) is 15.8 Å². The monoisotopic (exact) mass is 277 g/mol. The number of fused-ring (bicyclic) bond motifs is 3. The second-order valence-electron chi connectivity index (χ2n) is 4.91. The molecule has 4 rings (SSSR count). The summed E-state index contributed by atoms with van der Waals surface area (Å²) in [5.41, 5.74) is 4.72. The third-order valence-electron chi connectivity index (χ3n) is 3.68. The van der Waals surface area contributed by atoms with Gasteiger partial charge in [0.2, 0.25) is 0 Å². The van der Waals surface area contributed by atoms with Gasteiger partial charge in [0.05, 0.1) is 5.52 Å². The van der Waals surface area contributed by atoms with Crippen LogP contribution < -0.4 is 0 Å². The zero-order valence-electron chi connectivity index (χ0n) is 10.7. The van der Waals surface area contributed by atoms with Crippen LogP contribution in [0.25, 0.3) is 32.9 Å².